The molecule has 3 nitrogen and oxygen atoms in total. The summed E-state index contributed by atoms with van der Waals surface area (Å²) in [6.45, 7) is 9.41. The zero-order chi connectivity index (χ0) is 11.3. The molecule has 0 aromatic carbocycles. The van der Waals surface area contributed by atoms with Crippen molar-refractivity contribution in [2.24, 2.45) is 11.8 Å². The topological polar surface area (TPSA) is 32.3 Å². The highest BCUT2D eigenvalue weighted by Crippen LogP contribution is 2.07. The van der Waals surface area contributed by atoms with Crippen molar-refractivity contribution < 1.29 is 4.79 Å². The van der Waals surface area contributed by atoms with Crippen molar-refractivity contribution in [1.82, 2.24) is 10.2 Å². The van der Waals surface area contributed by atoms with Gasteiger partial charge in [-0.2, -0.15) is 0 Å². The molecule has 0 aliphatic carbocycles. The van der Waals surface area contributed by atoms with Gasteiger partial charge in [-0.1, -0.05) is 20.8 Å². The van der Waals surface area contributed by atoms with Crippen LogP contribution in [0.5, 0.6) is 0 Å². The van der Waals surface area contributed by atoms with Gasteiger partial charge >= 0.3 is 0 Å². The Hall–Kier alpha value is -0.570. The first-order chi connectivity index (χ1) is 6.36. The van der Waals surface area contributed by atoms with Crippen LogP contribution in [0.3, 0.4) is 0 Å². The second kappa shape index (κ2) is 6.02. The third-order valence-electron chi connectivity index (χ3n) is 2.70. The lowest BCUT2D eigenvalue weighted by Crippen LogP contribution is -2.43. The number of rotatable bonds is 5. The fourth-order valence-corrected chi connectivity index (χ4v) is 1.07. The monoisotopic (exact) mass is 200 g/mol. The molecule has 2 unspecified atom stereocenters. The number of carbonyl (C=O) groups excluding carboxylic acids is 1. The van der Waals surface area contributed by atoms with Crippen molar-refractivity contribution in [2.75, 3.05) is 20.6 Å². The number of nitrogens with zero attached hydrogens (tertiary/aromatic N) is 1. The molecule has 1 amide bonds. The molecule has 0 rings (SSSR count). The molecule has 1 N–H and O–H groups in total. The Labute approximate surface area is 87.9 Å². The van der Waals surface area contributed by atoms with Gasteiger partial charge in [0.1, 0.15) is 0 Å². The van der Waals surface area contributed by atoms with Gasteiger partial charge in [0.25, 0.3) is 0 Å². The summed E-state index contributed by atoms with van der Waals surface area (Å²) in [5.74, 6) is 1.40. The minimum Gasteiger partial charge on any atom is -0.347 e. The average molecular weight is 200 g/mol. The van der Waals surface area contributed by atoms with Crippen LogP contribution in [-0.2, 0) is 4.79 Å². The Morgan fingerprint density at radius 3 is 2.07 bits per heavy atom. The number of likely N-dealkylation sites (N-methyl/N-ethyl adjacent to an activating group) is 1. The minimum absolute atomic E-state index is 0.0776. The van der Waals surface area contributed by atoms with Crippen molar-refractivity contribution in [3.05, 3.63) is 0 Å². The van der Waals surface area contributed by atoms with Gasteiger partial charge in [0, 0.05) is 14.1 Å². The molecule has 84 valence electrons. The van der Waals surface area contributed by atoms with E-state index in [0.29, 0.717) is 11.8 Å². The molecule has 3 heteroatoms. The predicted octanol–water partition coefficient (Wildman–Crippen LogP) is 1.34. The molecule has 0 saturated carbocycles. The number of hydrogen-bond donors (Lipinski definition) is 1. The van der Waals surface area contributed by atoms with Crippen LogP contribution in [-0.4, -0.2) is 37.5 Å². The maximum Gasteiger partial charge on any atom is 0.238 e. The van der Waals surface area contributed by atoms with Gasteiger partial charge in [-0.15, -0.1) is 0 Å². The fourth-order valence-electron chi connectivity index (χ4n) is 1.07. The second-order valence-corrected chi connectivity index (χ2v) is 4.58. The van der Waals surface area contributed by atoms with E-state index in [9.17, 15) is 4.79 Å². The molecule has 14 heavy (non-hydrogen) atoms. The third kappa shape index (κ3) is 4.61. The zero-order valence-corrected chi connectivity index (χ0v) is 10.3. The van der Waals surface area contributed by atoms with Gasteiger partial charge in [-0.3, -0.25) is 4.79 Å². The highest BCUT2D eigenvalue weighted by atomic mass is 16.2. The van der Waals surface area contributed by atoms with Gasteiger partial charge in [0.2, 0.25) is 5.91 Å². The van der Waals surface area contributed by atoms with Crippen molar-refractivity contribution >= 4 is 5.91 Å². The average Bonchev–Trinajstić information content (AvgIpc) is 2.11. The Morgan fingerprint density at radius 2 is 1.71 bits per heavy atom. The second-order valence-electron chi connectivity index (χ2n) is 4.58. The normalized spacial score (nSPS) is 15.4. The molecule has 0 aliphatic rings. The van der Waals surface area contributed by atoms with E-state index in [1.54, 1.807) is 19.0 Å². The molecule has 0 spiro atoms. The van der Waals surface area contributed by atoms with Crippen molar-refractivity contribution in [2.45, 2.75) is 33.7 Å². The third-order valence-corrected chi connectivity index (χ3v) is 2.70. The fraction of sp³-hybridized carbons (Fsp3) is 0.909. The van der Waals surface area contributed by atoms with Crippen LogP contribution in [0.2, 0.25) is 0 Å². The molecular formula is C11H24N2O. The summed E-state index contributed by atoms with van der Waals surface area (Å²) in [7, 11) is 3.57. The van der Waals surface area contributed by atoms with Gasteiger partial charge in [-0.05, 0) is 25.3 Å². The van der Waals surface area contributed by atoms with Gasteiger partial charge in [0.05, 0.1) is 6.04 Å². The Balaban J connectivity index is 3.85. The van der Waals surface area contributed by atoms with E-state index < -0.39 is 0 Å². The summed E-state index contributed by atoms with van der Waals surface area (Å²) in [6, 6.07) is -0.0776. The molecular weight excluding hydrogens is 176 g/mol. The lowest BCUT2D eigenvalue weighted by molar-refractivity contribution is -0.130. The SMILES string of the molecule is CC(NCC(C)C(C)C)C(=O)N(C)C. The van der Waals surface area contributed by atoms with E-state index >= 15 is 0 Å². The molecule has 0 aliphatic heterocycles. The lowest BCUT2D eigenvalue weighted by Gasteiger charge is -2.21. The highest BCUT2D eigenvalue weighted by molar-refractivity contribution is 5.80. The van der Waals surface area contributed by atoms with Crippen LogP contribution in [0.25, 0.3) is 0 Å². The molecule has 0 aromatic rings. The molecule has 0 fully saturated rings. The van der Waals surface area contributed by atoms with E-state index in [-0.39, 0.29) is 11.9 Å². The number of carbonyl (C=O) groups is 1. The smallest absolute Gasteiger partial charge is 0.238 e. The predicted molar refractivity (Wildman–Crippen MR) is 60.2 cm³/mol. The van der Waals surface area contributed by atoms with Gasteiger partial charge in [-0.25, -0.2) is 0 Å². The summed E-state index contributed by atoms with van der Waals surface area (Å²) in [5, 5.41) is 3.25. The van der Waals surface area contributed by atoms with Crippen molar-refractivity contribution in [3.8, 4) is 0 Å². The number of amides is 1. The van der Waals surface area contributed by atoms with Crippen LogP contribution in [0, 0.1) is 11.8 Å². The molecule has 0 aromatic heterocycles. The maximum absolute atomic E-state index is 11.5. The van der Waals surface area contributed by atoms with E-state index in [0.717, 1.165) is 6.54 Å². The molecule has 0 bridgehead atoms. The summed E-state index contributed by atoms with van der Waals surface area (Å²) in [4.78, 5) is 13.1. The Morgan fingerprint density at radius 1 is 1.21 bits per heavy atom. The summed E-state index contributed by atoms with van der Waals surface area (Å²) >= 11 is 0. The Kier molecular flexibility index (Phi) is 5.77. The highest BCUT2D eigenvalue weighted by Gasteiger charge is 2.15. The van der Waals surface area contributed by atoms with Crippen molar-refractivity contribution in [3.63, 3.8) is 0 Å². The van der Waals surface area contributed by atoms with Crippen LogP contribution in [0.1, 0.15) is 27.7 Å². The first-order valence-electron chi connectivity index (χ1n) is 5.30. The first-order valence-corrected chi connectivity index (χ1v) is 5.30. The van der Waals surface area contributed by atoms with E-state index in [1.807, 2.05) is 6.92 Å². The van der Waals surface area contributed by atoms with Gasteiger partial charge < -0.3 is 10.2 Å². The van der Waals surface area contributed by atoms with E-state index in [4.69, 9.17) is 0 Å². The van der Waals surface area contributed by atoms with Crippen molar-refractivity contribution in [1.29, 1.82) is 0 Å². The zero-order valence-electron chi connectivity index (χ0n) is 10.3. The maximum atomic E-state index is 11.5. The van der Waals surface area contributed by atoms with Gasteiger partial charge in [0.15, 0.2) is 0 Å². The lowest BCUT2D eigenvalue weighted by atomic mass is 9.98. The minimum atomic E-state index is -0.0776. The largest absolute Gasteiger partial charge is 0.347 e. The quantitative estimate of drug-likeness (QED) is 0.726. The van der Waals surface area contributed by atoms with E-state index in [2.05, 4.69) is 26.1 Å². The molecule has 0 heterocycles. The number of nitrogens with one attached hydrogen (secondary N) is 1. The number of hydrogen-bond acceptors (Lipinski definition) is 2. The van der Waals surface area contributed by atoms with Crippen LogP contribution < -0.4 is 5.32 Å². The van der Waals surface area contributed by atoms with E-state index in [1.165, 1.54) is 0 Å². The molecule has 2 atom stereocenters. The molecule has 0 radical (unpaired) electrons. The summed E-state index contributed by atoms with van der Waals surface area (Å²) in [6.07, 6.45) is 0. The standard InChI is InChI=1S/C11H24N2O/c1-8(2)9(3)7-12-10(4)11(14)13(5)6/h8-10,12H,7H2,1-6H3. The van der Waals surface area contributed by atoms with Crippen LogP contribution in [0.15, 0.2) is 0 Å². The summed E-state index contributed by atoms with van der Waals surface area (Å²) in [5.41, 5.74) is 0. The van der Waals surface area contributed by atoms with Crippen LogP contribution >= 0.6 is 0 Å². The molecule has 0 saturated heterocycles. The first kappa shape index (κ1) is 13.4. The summed E-state index contributed by atoms with van der Waals surface area (Å²) < 4.78 is 0. The van der Waals surface area contributed by atoms with Crippen LogP contribution in [0.4, 0.5) is 0 Å². The Bertz CT molecular complexity index is 178.